The standard InChI is InChI=1S/C12H15N3O/c1-8(3-4-9(2)16)15-10-5-6-11(13)12(14)7-10/h5-7,13,16H,1-4,14H2. The van der Waals surface area contributed by atoms with Gasteiger partial charge in [0.1, 0.15) is 0 Å². The Bertz CT molecular complexity index is 428. The minimum atomic E-state index is 0.123. The molecular weight excluding hydrogens is 202 g/mol. The first-order valence-corrected chi connectivity index (χ1v) is 4.86. The van der Waals surface area contributed by atoms with E-state index in [1.54, 1.807) is 18.2 Å². The first kappa shape index (κ1) is 12.0. The summed E-state index contributed by atoms with van der Waals surface area (Å²) in [6.45, 7) is 7.16. The van der Waals surface area contributed by atoms with Gasteiger partial charge in [-0.2, -0.15) is 0 Å². The lowest BCUT2D eigenvalue weighted by Crippen LogP contribution is -2.14. The number of allylic oxidation sites excluding steroid dienone is 5. The van der Waals surface area contributed by atoms with Crippen LogP contribution in [0.5, 0.6) is 0 Å². The van der Waals surface area contributed by atoms with Crippen LogP contribution >= 0.6 is 0 Å². The van der Waals surface area contributed by atoms with Crippen LogP contribution in [-0.4, -0.2) is 16.5 Å². The maximum Gasteiger partial charge on any atom is 0.0854 e. The van der Waals surface area contributed by atoms with Crippen molar-refractivity contribution < 1.29 is 5.11 Å². The number of aliphatic hydroxyl groups excluding tert-OH is 1. The van der Waals surface area contributed by atoms with Crippen LogP contribution in [0.1, 0.15) is 12.8 Å². The fourth-order valence-electron chi connectivity index (χ4n) is 1.15. The van der Waals surface area contributed by atoms with Crippen LogP contribution in [0.3, 0.4) is 0 Å². The molecule has 0 fully saturated rings. The molecule has 1 rings (SSSR count). The lowest BCUT2D eigenvalue weighted by molar-refractivity contribution is 0.391. The van der Waals surface area contributed by atoms with E-state index in [-0.39, 0.29) is 11.5 Å². The molecule has 4 nitrogen and oxygen atoms in total. The van der Waals surface area contributed by atoms with Crippen LogP contribution < -0.4 is 5.73 Å². The van der Waals surface area contributed by atoms with Gasteiger partial charge >= 0.3 is 0 Å². The van der Waals surface area contributed by atoms with E-state index in [9.17, 15) is 0 Å². The second kappa shape index (κ2) is 5.11. The average molecular weight is 217 g/mol. The summed E-state index contributed by atoms with van der Waals surface area (Å²) in [5.74, 6) is 0.123. The lowest BCUT2D eigenvalue weighted by atomic mass is 10.1. The zero-order chi connectivity index (χ0) is 12.1. The molecule has 1 aliphatic carbocycles. The molecule has 0 unspecified atom stereocenters. The van der Waals surface area contributed by atoms with E-state index >= 15 is 0 Å². The van der Waals surface area contributed by atoms with Gasteiger partial charge in [-0.15, -0.1) is 0 Å². The van der Waals surface area contributed by atoms with E-state index in [0.717, 1.165) is 0 Å². The van der Waals surface area contributed by atoms with Gasteiger partial charge in [0.05, 0.1) is 22.9 Å². The Morgan fingerprint density at radius 1 is 1.38 bits per heavy atom. The molecule has 84 valence electrons. The summed E-state index contributed by atoms with van der Waals surface area (Å²) in [6, 6.07) is 0. The topological polar surface area (TPSA) is 82.5 Å². The van der Waals surface area contributed by atoms with Gasteiger partial charge in [-0.25, -0.2) is 0 Å². The molecule has 4 heteroatoms. The average Bonchev–Trinajstić information content (AvgIpc) is 2.21. The highest BCUT2D eigenvalue weighted by molar-refractivity contribution is 6.19. The van der Waals surface area contributed by atoms with E-state index < -0.39 is 0 Å². The van der Waals surface area contributed by atoms with Crippen LogP contribution in [0, 0.1) is 5.41 Å². The van der Waals surface area contributed by atoms with E-state index in [0.29, 0.717) is 29.9 Å². The van der Waals surface area contributed by atoms with Gasteiger partial charge in [0, 0.05) is 12.1 Å². The molecule has 0 atom stereocenters. The van der Waals surface area contributed by atoms with Gasteiger partial charge < -0.3 is 10.8 Å². The summed E-state index contributed by atoms with van der Waals surface area (Å²) in [4.78, 5) is 4.22. The zero-order valence-corrected chi connectivity index (χ0v) is 9.03. The molecule has 0 heterocycles. The van der Waals surface area contributed by atoms with Crippen molar-refractivity contribution in [2.75, 3.05) is 0 Å². The molecule has 16 heavy (non-hydrogen) atoms. The van der Waals surface area contributed by atoms with E-state index in [1.165, 1.54) is 0 Å². The highest BCUT2D eigenvalue weighted by Crippen LogP contribution is 2.10. The number of nitrogens with one attached hydrogen (secondary N) is 1. The predicted octanol–water partition coefficient (Wildman–Crippen LogP) is 2.23. The fraction of sp³-hybridized carbons (Fsp3) is 0.167. The van der Waals surface area contributed by atoms with Crippen molar-refractivity contribution in [1.82, 2.24) is 0 Å². The van der Waals surface area contributed by atoms with Crippen LogP contribution in [0.4, 0.5) is 0 Å². The molecule has 4 N–H and O–H groups in total. The first-order chi connectivity index (χ1) is 7.49. The molecule has 0 saturated heterocycles. The van der Waals surface area contributed by atoms with Crippen LogP contribution in [0.25, 0.3) is 0 Å². The molecule has 0 spiro atoms. The molecule has 0 aliphatic heterocycles. The Morgan fingerprint density at radius 2 is 2.06 bits per heavy atom. The Hall–Kier alpha value is -2.10. The lowest BCUT2D eigenvalue weighted by Gasteiger charge is -2.06. The number of aliphatic hydroxyl groups is 1. The normalized spacial score (nSPS) is 17.4. The largest absolute Gasteiger partial charge is 0.513 e. The third kappa shape index (κ3) is 3.57. The minimum absolute atomic E-state index is 0.123. The highest BCUT2D eigenvalue weighted by atomic mass is 16.3. The van der Waals surface area contributed by atoms with Crippen LogP contribution in [-0.2, 0) is 0 Å². The number of nitrogens with two attached hydrogens (primary N) is 1. The molecule has 0 saturated carbocycles. The van der Waals surface area contributed by atoms with E-state index in [2.05, 4.69) is 18.2 Å². The predicted molar refractivity (Wildman–Crippen MR) is 66.7 cm³/mol. The third-order valence-corrected chi connectivity index (χ3v) is 2.02. The SMILES string of the molecule is C=C(O)CCC(=C)N=C1C=CC(=N)C(N)=C1. The molecule has 0 aromatic rings. The van der Waals surface area contributed by atoms with Crippen molar-refractivity contribution in [2.45, 2.75) is 12.8 Å². The molecule has 0 aromatic carbocycles. The Kier molecular flexibility index (Phi) is 3.83. The fourth-order valence-corrected chi connectivity index (χ4v) is 1.15. The van der Waals surface area contributed by atoms with Gasteiger partial charge in [-0.1, -0.05) is 13.2 Å². The first-order valence-electron chi connectivity index (χ1n) is 4.86. The van der Waals surface area contributed by atoms with Crippen molar-refractivity contribution in [2.24, 2.45) is 10.7 Å². The zero-order valence-electron chi connectivity index (χ0n) is 9.03. The Labute approximate surface area is 94.7 Å². The van der Waals surface area contributed by atoms with Crippen molar-refractivity contribution in [3.05, 3.63) is 48.5 Å². The summed E-state index contributed by atoms with van der Waals surface area (Å²) in [5, 5.41) is 16.3. The summed E-state index contributed by atoms with van der Waals surface area (Å²) < 4.78 is 0. The summed E-state index contributed by atoms with van der Waals surface area (Å²) in [6.07, 6.45) is 5.93. The maximum absolute atomic E-state index is 8.93. The number of hydrogen-bond acceptors (Lipinski definition) is 4. The molecule has 0 radical (unpaired) electrons. The third-order valence-electron chi connectivity index (χ3n) is 2.02. The maximum atomic E-state index is 8.93. The monoisotopic (exact) mass is 217 g/mol. The minimum Gasteiger partial charge on any atom is -0.513 e. The van der Waals surface area contributed by atoms with Crippen LogP contribution in [0.15, 0.2) is 53.5 Å². The quantitative estimate of drug-likeness (QED) is 0.498. The highest BCUT2D eigenvalue weighted by Gasteiger charge is 2.05. The number of hydrogen-bond donors (Lipinski definition) is 3. The molecular formula is C12H15N3O. The smallest absolute Gasteiger partial charge is 0.0854 e. The second-order valence-electron chi connectivity index (χ2n) is 3.52. The van der Waals surface area contributed by atoms with Gasteiger partial charge in [0.2, 0.25) is 0 Å². The molecule has 1 aliphatic rings. The van der Waals surface area contributed by atoms with Crippen molar-refractivity contribution in [1.29, 1.82) is 5.41 Å². The van der Waals surface area contributed by atoms with Crippen molar-refractivity contribution in [3.8, 4) is 0 Å². The number of aliphatic imine (C=N–C) groups is 1. The van der Waals surface area contributed by atoms with Gasteiger partial charge in [-0.3, -0.25) is 10.4 Å². The van der Waals surface area contributed by atoms with E-state index in [1.807, 2.05) is 0 Å². The Morgan fingerprint density at radius 3 is 2.62 bits per heavy atom. The molecule has 0 amide bonds. The summed E-state index contributed by atoms with van der Waals surface area (Å²) in [5.41, 5.74) is 7.58. The summed E-state index contributed by atoms with van der Waals surface area (Å²) in [7, 11) is 0. The Balaban J connectivity index is 2.64. The number of nitrogens with zero attached hydrogens (tertiary/aromatic N) is 1. The molecule has 0 aromatic heterocycles. The van der Waals surface area contributed by atoms with Crippen molar-refractivity contribution in [3.63, 3.8) is 0 Å². The van der Waals surface area contributed by atoms with Crippen LogP contribution in [0.2, 0.25) is 0 Å². The van der Waals surface area contributed by atoms with E-state index in [4.69, 9.17) is 16.2 Å². The van der Waals surface area contributed by atoms with Crippen molar-refractivity contribution >= 4 is 11.4 Å². The summed E-state index contributed by atoms with van der Waals surface area (Å²) >= 11 is 0. The van der Waals surface area contributed by atoms with Gasteiger partial charge in [0.25, 0.3) is 0 Å². The van der Waals surface area contributed by atoms with Gasteiger partial charge in [-0.05, 0) is 24.6 Å². The second-order valence-corrected chi connectivity index (χ2v) is 3.52. The van der Waals surface area contributed by atoms with Gasteiger partial charge in [0.15, 0.2) is 0 Å². The number of rotatable bonds is 4. The molecule has 0 bridgehead atoms.